The molecule has 0 saturated heterocycles. The van der Waals surface area contributed by atoms with Crippen molar-refractivity contribution in [2.24, 2.45) is 5.73 Å². The van der Waals surface area contributed by atoms with E-state index >= 15 is 0 Å². The molecule has 19 heavy (non-hydrogen) atoms. The molecule has 0 fully saturated rings. The third-order valence-electron chi connectivity index (χ3n) is 2.58. The molecular formula is C14H21FN2O2. The SMILES string of the molecule is NCCCC(=O)NCCCCOc1ccc(F)cc1. The van der Waals surface area contributed by atoms with Crippen molar-refractivity contribution in [1.29, 1.82) is 0 Å². The first-order valence-electron chi connectivity index (χ1n) is 6.57. The Morgan fingerprint density at radius 1 is 1.21 bits per heavy atom. The largest absolute Gasteiger partial charge is 0.494 e. The van der Waals surface area contributed by atoms with Crippen LogP contribution in [-0.4, -0.2) is 25.6 Å². The minimum absolute atomic E-state index is 0.0462. The zero-order valence-corrected chi connectivity index (χ0v) is 11.0. The third kappa shape index (κ3) is 7.41. The van der Waals surface area contributed by atoms with Crippen molar-refractivity contribution in [2.75, 3.05) is 19.7 Å². The second-order valence-corrected chi connectivity index (χ2v) is 4.25. The molecule has 0 bridgehead atoms. The zero-order chi connectivity index (χ0) is 13.9. The van der Waals surface area contributed by atoms with Crippen LogP contribution >= 0.6 is 0 Å². The number of nitrogens with two attached hydrogens (primary N) is 1. The molecule has 5 heteroatoms. The van der Waals surface area contributed by atoms with Gasteiger partial charge in [-0.05, 0) is 50.1 Å². The fraction of sp³-hybridized carbons (Fsp3) is 0.500. The summed E-state index contributed by atoms with van der Waals surface area (Å²) in [5.74, 6) is 0.436. The van der Waals surface area contributed by atoms with E-state index in [0.717, 1.165) is 19.3 Å². The van der Waals surface area contributed by atoms with Crippen molar-refractivity contribution < 1.29 is 13.9 Å². The molecule has 0 heterocycles. The van der Waals surface area contributed by atoms with Gasteiger partial charge in [0.15, 0.2) is 0 Å². The number of carbonyl (C=O) groups is 1. The molecule has 1 aromatic carbocycles. The molecule has 0 radical (unpaired) electrons. The van der Waals surface area contributed by atoms with Crippen molar-refractivity contribution >= 4 is 5.91 Å². The minimum atomic E-state index is -0.271. The Kier molecular flexibility index (Phi) is 7.58. The standard InChI is InChI=1S/C14H21FN2O2/c15-12-5-7-13(8-6-12)19-11-2-1-10-17-14(18)4-3-9-16/h5-8H,1-4,9-11,16H2,(H,17,18). The van der Waals surface area contributed by atoms with Gasteiger partial charge in [0.25, 0.3) is 0 Å². The monoisotopic (exact) mass is 268 g/mol. The normalized spacial score (nSPS) is 10.2. The lowest BCUT2D eigenvalue weighted by atomic mass is 10.3. The minimum Gasteiger partial charge on any atom is -0.494 e. The van der Waals surface area contributed by atoms with E-state index in [1.54, 1.807) is 12.1 Å². The van der Waals surface area contributed by atoms with Gasteiger partial charge in [0.05, 0.1) is 6.61 Å². The highest BCUT2D eigenvalue weighted by Crippen LogP contribution is 2.11. The molecule has 0 spiro atoms. The molecule has 0 aliphatic rings. The maximum absolute atomic E-state index is 12.6. The van der Waals surface area contributed by atoms with Crippen molar-refractivity contribution in [3.05, 3.63) is 30.1 Å². The number of amides is 1. The number of nitrogens with one attached hydrogen (secondary N) is 1. The molecule has 0 aliphatic heterocycles. The smallest absolute Gasteiger partial charge is 0.220 e. The van der Waals surface area contributed by atoms with Crippen LogP contribution < -0.4 is 15.8 Å². The van der Waals surface area contributed by atoms with Crippen molar-refractivity contribution in [3.8, 4) is 5.75 Å². The lowest BCUT2D eigenvalue weighted by molar-refractivity contribution is -0.121. The second kappa shape index (κ2) is 9.33. The summed E-state index contributed by atoms with van der Waals surface area (Å²) < 4.78 is 18.1. The van der Waals surface area contributed by atoms with Gasteiger partial charge in [-0.2, -0.15) is 0 Å². The highest BCUT2D eigenvalue weighted by atomic mass is 19.1. The van der Waals surface area contributed by atoms with E-state index in [-0.39, 0.29) is 11.7 Å². The highest BCUT2D eigenvalue weighted by Gasteiger charge is 1.99. The molecule has 1 amide bonds. The van der Waals surface area contributed by atoms with Crippen molar-refractivity contribution in [3.63, 3.8) is 0 Å². The highest BCUT2D eigenvalue weighted by molar-refractivity contribution is 5.75. The number of hydrogen-bond acceptors (Lipinski definition) is 3. The Labute approximate surface area is 113 Å². The Hall–Kier alpha value is -1.62. The maximum Gasteiger partial charge on any atom is 0.220 e. The van der Waals surface area contributed by atoms with Crippen LogP contribution in [0, 0.1) is 5.82 Å². The van der Waals surface area contributed by atoms with E-state index in [1.807, 2.05) is 0 Å². The van der Waals surface area contributed by atoms with Gasteiger partial charge < -0.3 is 15.8 Å². The van der Waals surface area contributed by atoms with E-state index in [2.05, 4.69) is 5.32 Å². The quantitative estimate of drug-likeness (QED) is 0.672. The molecule has 106 valence electrons. The number of ether oxygens (including phenoxy) is 1. The predicted molar refractivity (Wildman–Crippen MR) is 72.4 cm³/mol. The lowest BCUT2D eigenvalue weighted by Crippen LogP contribution is -2.25. The average Bonchev–Trinajstić information content (AvgIpc) is 2.42. The van der Waals surface area contributed by atoms with Crippen LogP contribution in [0.25, 0.3) is 0 Å². The first kappa shape index (κ1) is 15.4. The van der Waals surface area contributed by atoms with Gasteiger partial charge in [-0.15, -0.1) is 0 Å². The molecule has 0 aliphatic carbocycles. The molecule has 0 unspecified atom stereocenters. The molecule has 0 aromatic heterocycles. The van der Waals surface area contributed by atoms with Crippen LogP contribution in [0.15, 0.2) is 24.3 Å². The zero-order valence-electron chi connectivity index (χ0n) is 11.0. The molecule has 3 N–H and O–H groups in total. The first-order chi connectivity index (χ1) is 9.22. The maximum atomic E-state index is 12.6. The number of unbranched alkanes of at least 4 members (excludes halogenated alkanes) is 1. The van der Waals surface area contributed by atoms with Crippen LogP contribution in [-0.2, 0) is 4.79 Å². The summed E-state index contributed by atoms with van der Waals surface area (Å²) >= 11 is 0. The Morgan fingerprint density at radius 3 is 2.63 bits per heavy atom. The van der Waals surface area contributed by atoms with Gasteiger partial charge >= 0.3 is 0 Å². The summed E-state index contributed by atoms with van der Waals surface area (Å²) in [4.78, 5) is 11.3. The number of rotatable bonds is 9. The summed E-state index contributed by atoms with van der Waals surface area (Å²) in [6.07, 6.45) is 2.91. The van der Waals surface area contributed by atoms with E-state index < -0.39 is 0 Å². The molecule has 4 nitrogen and oxygen atoms in total. The number of halogens is 1. The van der Waals surface area contributed by atoms with Crippen LogP contribution in [0.2, 0.25) is 0 Å². The fourth-order valence-electron chi connectivity index (χ4n) is 1.53. The van der Waals surface area contributed by atoms with E-state index in [9.17, 15) is 9.18 Å². The van der Waals surface area contributed by atoms with Gasteiger partial charge in [0, 0.05) is 13.0 Å². The summed E-state index contributed by atoms with van der Waals surface area (Å²) in [5.41, 5.74) is 5.32. The Morgan fingerprint density at radius 2 is 1.95 bits per heavy atom. The number of carbonyl (C=O) groups excluding carboxylic acids is 1. The molecule has 0 atom stereocenters. The summed E-state index contributed by atoms with van der Waals surface area (Å²) in [6, 6.07) is 5.94. The first-order valence-corrected chi connectivity index (χ1v) is 6.57. The lowest BCUT2D eigenvalue weighted by Gasteiger charge is -2.07. The summed E-state index contributed by atoms with van der Waals surface area (Å²) in [7, 11) is 0. The van der Waals surface area contributed by atoms with Crippen molar-refractivity contribution in [2.45, 2.75) is 25.7 Å². The van der Waals surface area contributed by atoms with E-state index in [1.165, 1.54) is 12.1 Å². The fourth-order valence-corrected chi connectivity index (χ4v) is 1.53. The van der Waals surface area contributed by atoms with Crippen LogP contribution in [0.3, 0.4) is 0 Å². The second-order valence-electron chi connectivity index (χ2n) is 4.25. The van der Waals surface area contributed by atoms with Crippen molar-refractivity contribution in [1.82, 2.24) is 5.32 Å². The van der Waals surface area contributed by atoms with E-state index in [0.29, 0.717) is 31.9 Å². The van der Waals surface area contributed by atoms with Gasteiger partial charge in [0.1, 0.15) is 11.6 Å². The number of benzene rings is 1. The molecular weight excluding hydrogens is 247 g/mol. The Bertz CT molecular complexity index is 368. The molecule has 1 rings (SSSR count). The third-order valence-corrected chi connectivity index (χ3v) is 2.58. The van der Waals surface area contributed by atoms with E-state index in [4.69, 9.17) is 10.5 Å². The average molecular weight is 268 g/mol. The summed E-state index contributed by atoms with van der Waals surface area (Å²) in [5, 5.41) is 2.82. The van der Waals surface area contributed by atoms with Crippen LogP contribution in [0.4, 0.5) is 4.39 Å². The molecule has 1 aromatic rings. The van der Waals surface area contributed by atoms with Gasteiger partial charge in [0.2, 0.25) is 5.91 Å². The number of hydrogen-bond donors (Lipinski definition) is 2. The van der Waals surface area contributed by atoms with Gasteiger partial charge in [-0.1, -0.05) is 0 Å². The van der Waals surface area contributed by atoms with Crippen LogP contribution in [0.5, 0.6) is 5.75 Å². The topological polar surface area (TPSA) is 64.4 Å². The molecule has 0 saturated carbocycles. The Balaban J connectivity index is 1.99. The van der Waals surface area contributed by atoms with Crippen LogP contribution in [0.1, 0.15) is 25.7 Å². The summed E-state index contributed by atoms with van der Waals surface area (Å²) in [6.45, 7) is 1.75. The van der Waals surface area contributed by atoms with Gasteiger partial charge in [-0.25, -0.2) is 4.39 Å². The predicted octanol–water partition coefficient (Wildman–Crippen LogP) is 1.84. The van der Waals surface area contributed by atoms with Gasteiger partial charge in [-0.3, -0.25) is 4.79 Å².